The summed E-state index contributed by atoms with van der Waals surface area (Å²) < 4.78 is 1.69. The van der Waals surface area contributed by atoms with Crippen molar-refractivity contribution >= 4 is 23.4 Å². The molecule has 0 bridgehead atoms. The van der Waals surface area contributed by atoms with Crippen LogP contribution in [0.15, 0.2) is 41.6 Å². The van der Waals surface area contributed by atoms with Crippen LogP contribution in [0, 0.1) is 27.7 Å². The van der Waals surface area contributed by atoms with Gasteiger partial charge < -0.3 is 5.32 Å². The molecule has 6 nitrogen and oxygen atoms in total. The highest BCUT2D eigenvalue weighted by atomic mass is 32.2. The molecule has 27 heavy (non-hydrogen) atoms. The normalized spacial score (nSPS) is 12.0. The molecule has 1 heterocycles. The van der Waals surface area contributed by atoms with Crippen molar-refractivity contribution in [2.45, 2.75) is 45.0 Å². The molecular formula is C20H23N5OS. The zero-order valence-corrected chi connectivity index (χ0v) is 17.0. The average molecular weight is 382 g/mol. The van der Waals surface area contributed by atoms with Crippen LogP contribution in [0.1, 0.15) is 29.2 Å². The molecule has 1 atom stereocenters. The second-order valence-electron chi connectivity index (χ2n) is 6.61. The lowest BCUT2D eigenvalue weighted by Crippen LogP contribution is -2.24. The quantitative estimate of drug-likeness (QED) is 0.676. The minimum absolute atomic E-state index is 0.0760. The fourth-order valence-electron chi connectivity index (χ4n) is 2.82. The number of aryl methyl sites for hydroxylation is 3. The lowest BCUT2D eigenvalue weighted by atomic mass is 10.1. The molecule has 0 spiro atoms. The van der Waals surface area contributed by atoms with Crippen LogP contribution >= 0.6 is 11.8 Å². The van der Waals surface area contributed by atoms with E-state index in [0.717, 1.165) is 28.1 Å². The van der Waals surface area contributed by atoms with Crippen molar-refractivity contribution in [3.05, 3.63) is 58.7 Å². The van der Waals surface area contributed by atoms with Crippen LogP contribution in [0.2, 0.25) is 0 Å². The van der Waals surface area contributed by atoms with Crippen LogP contribution in [0.25, 0.3) is 5.69 Å². The van der Waals surface area contributed by atoms with Crippen molar-refractivity contribution in [1.82, 2.24) is 20.2 Å². The zero-order chi connectivity index (χ0) is 19.6. The summed E-state index contributed by atoms with van der Waals surface area (Å²) in [5, 5.41) is 15.3. The first-order valence-electron chi connectivity index (χ1n) is 8.77. The number of nitrogens with zero attached hydrogens (tertiary/aromatic N) is 4. The van der Waals surface area contributed by atoms with Gasteiger partial charge in [-0.25, -0.2) is 0 Å². The molecule has 1 amide bonds. The van der Waals surface area contributed by atoms with Crippen LogP contribution in [0.4, 0.5) is 5.69 Å². The second kappa shape index (κ2) is 7.92. The summed E-state index contributed by atoms with van der Waals surface area (Å²) in [4.78, 5) is 12.7. The van der Waals surface area contributed by atoms with Crippen LogP contribution < -0.4 is 5.32 Å². The summed E-state index contributed by atoms with van der Waals surface area (Å²) in [7, 11) is 0. The first-order chi connectivity index (χ1) is 12.9. The standard InChI is InChI=1S/C20H23N5OS/c1-12-8-7-11-17(15(12)4)25-20(22-23-24-25)27-16(5)19(26)21-18-13(2)9-6-10-14(18)3/h6-11,16H,1-5H3,(H,21,26). The smallest absolute Gasteiger partial charge is 0.237 e. The molecule has 1 aromatic heterocycles. The summed E-state index contributed by atoms with van der Waals surface area (Å²) >= 11 is 1.34. The maximum absolute atomic E-state index is 12.7. The number of tetrazole rings is 1. The molecule has 3 aromatic rings. The number of carbonyl (C=O) groups is 1. The SMILES string of the molecule is Cc1cccc(-n2nnnc2SC(C)C(=O)Nc2c(C)cccc2C)c1C. The van der Waals surface area contributed by atoms with E-state index in [1.165, 1.54) is 17.3 Å². The van der Waals surface area contributed by atoms with Crippen molar-refractivity contribution in [2.24, 2.45) is 0 Å². The molecule has 0 saturated heterocycles. The lowest BCUT2D eigenvalue weighted by Gasteiger charge is -2.15. The fourth-order valence-corrected chi connectivity index (χ4v) is 3.62. The molecule has 140 valence electrons. The van der Waals surface area contributed by atoms with Gasteiger partial charge >= 0.3 is 0 Å². The highest BCUT2D eigenvalue weighted by Crippen LogP contribution is 2.27. The van der Waals surface area contributed by atoms with Gasteiger partial charge in [0.1, 0.15) is 0 Å². The number of carbonyl (C=O) groups excluding carboxylic acids is 1. The molecule has 2 aromatic carbocycles. The maximum atomic E-state index is 12.7. The first-order valence-corrected chi connectivity index (χ1v) is 9.65. The van der Waals surface area contributed by atoms with Crippen LogP contribution in [0.5, 0.6) is 0 Å². The van der Waals surface area contributed by atoms with Crippen LogP contribution in [-0.2, 0) is 4.79 Å². The van der Waals surface area contributed by atoms with E-state index in [-0.39, 0.29) is 11.2 Å². The van der Waals surface area contributed by atoms with E-state index in [4.69, 9.17) is 0 Å². The number of aromatic nitrogens is 4. The number of hydrogen-bond donors (Lipinski definition) is 1. The van der Waals surface area contributed by atoms with Gasteiger partial charge in [0.2, 0.25) is 11.1 Å². The number of thioether (sulfide) groups is 1. The summed E-state index contributed by atoms with van der Waals surface area (Å²) in [6, 6.07) is 12.0. The number of rotatable bonds is 5. The van der Waals surface area contributed by atoms with Crippen molar-refractivity contribution in [2.75, 3.05) is 5.32 Å². The molecule has 0 fully saturated rings. The minimum atomic E-state index is -0.348. The molecular weight excluding hydrogens is 358 g/mol. The summed E-state index contributed by atoms with van der Waals surface area (Å²) in [6.07, 6.45) is 0. The Labute approximate surface area is 163 Å². The second-order valence-corrected chi connectivity index (χ2v) is 7.92. The molecule has 0 aliphatic carbocycles. The maximum Gasteiger partial charge on any atom is 0.237 e. The van der Waals surface area contributed by atoms with Crippen molar-refractivity contribution < 1.29 is 4.79 Å². The number of nitrogens with one attached hydrogen (secondary N) is 1. The predicted molar refractivity (Wildman–Crippen MR) is 108 cm³/mol. The Morgan fingerprint density at radius 2 is 1.67 bits per heavy atom. The van der Waals surface area contributed by atoms with Gasteiger partial charge in [-0.1, -0.05) is 42.1 Å². The third-order valence-electron chi connectivity index (χ3n) is 4.63. The van der Waals surface area contributed by atoms with Gasteiger partial charge in [-0.05, 0) is 73.4 Å². The van der Waals surface area contributed by atoms with E-state index in [2.05, 4.69) is 33.8 Å². The Hall–Kier alpha value is -2.67. The van der Waals surface area contributed by atoms with Crippen molar-refractivity contribution in [3.63, 3.8) is 0 Å². The Balaban J connectivity index is 1.79. The molecule has 0 aliphatic rings. The summed E-state index contributed by atoms with van der Waals surface area (Å²) in [5.41, 5.74) is 6.15. The first kappa shape index (κ1) is 19.1. The highest BCUT2D eigenvalue weighted by Gasteiger charge is 2.21. The fraction of sp³-hybridized carbons (Fsp3) is 0.300. The van der Waals surface area contributed by atoms with E-state index >= 15 is 0 Å². The largest absolute Gasteiger partial charge is 0.325 e. The van der Waals surface area contributed by atoms with Gasteiger partial charge in [0.15, 0.2) is 0 Å². The Kier molecular flexibility index (Phi) is 5.60. The van der Waals surface area contributed by atoms with E-state index in [1.807, 2.05) is 58.0 Å². The monoisotopic (exact) mass is 381 g/mol. The number of anilines is 1. The molecule has 0 aliphatic heterocycles. The molecule has 0 saturated carbocycles. The Bertz CT molecular complexity index is 962. The van der Waals surface area contributed by atoms with Gasteiger partial charge in [-0.3, -0.25) is 4.79 Å². The predicted octanol–water partition coefficient (Wildman–Crippen LogP) is 4.02. The highest BCUT2D eigenvalue weighted by molar-refractivity contribution is 8.00. The van der Waals surface area contributed by atoms with Crippen LogP contribution in [0.3, 0.4) is 0 Å². The van der Waals surface area contributed by atoms with E-state index in [0.29, 0.717) is 5.16 Å². The van der Waals surface area contributed by atoms with E-state index in [9.17, 15) is 4.79 Å². The zero-order valence-electron chi connectivity index (χ0n) is 16.1. The van der Waals surface area contributed by atoms with Crippen molar-refractivity contribution in [1.29, 1.82) is 0 Å². The Morgan fingerprint density at radius 1 is 1.04 bits per heavy atom. The van der Waals surface area contributed by atoms with Crippen molar-refractivity contribution in [3.8, 4) is 5.69 Å². The Morgan fingerprint density at radius 3 is 2.37 bits per heavy atom. The van der Waals surface area contributed by atoms with E-state index in [1.54, 1.807) is 4.68 Å². The van der Waals surface area contributed by atoms with Gasteiger partial charge in [-0.2, -0.15) is 4.68 Å². The number of amides is 1. The summed E-state index contributed by atoms with van der Waals surface area (Å²) in [5.74, 6) is -0.0760. The third kappa shape index (κ3) is 4.03. The minimum Gasteiger partial charge on any atom is -0.325 e. The molecule has 7 heteroatoms. The van der Waals surface area contributed by atoms with Gasteiger partial charge in [0.25, 0.3) is 0 Å². The molecule has 0 radical (unpaired) electrons. The van der Waals surface area contributed by atoms with Gasteiger partial charge in [-0.15, -0.1) is 5.10 Å². The molecule has 1 unspecified atom stereocenters. The summed E-state index contributed by atoms with van der Waals surface area (Å²) in [6.45, 7) is 9.92. The van der Waals surface area contributed by atoms with Crippen LogP contribution in [-0.4, -0.2) is 31.4 Å². The number of para-hydroxylation sites is 1. The molecule has 1 N–H and O–H groups in total. The average Bonchev–Trinajstić information content (AvgIpc) is 3.08. The van der Waals surface area contributed by atoms with Gasteiger partial charge in [0.05, 0.1) is 10.9 Å². The lowest BCUT2D eigenvalue weighted by molar-refractivity contribution is -0.115. The van der Waals surface area contributed by atoms with Gasteiger partial charge in [0, 0.05) is 5.69 Å². The number of hydrogen-bond acceptors (Lipinski definition) is 5. The molecule has 3 rings (SSSR count). The third-order valence-corrected chi connectivity index (χ3v) is 5.66. The topological polar surface area (TPSA) is 72.7 Å². The van der Waals surface area contributed by atoms with E-state index < -0.39 is 0 Å². The number of benzene rings is 2.